The molecule has 0 bridgehead atoms. The third kappa shape index (κ3) is 2.57. The monoisotopic (exact) mass is 307 g/mol. The maximum Gasteiger partial charge on any atom is 0.152 e. The van der Waals surface area contributed by atoms with Crippen LogP contribution in [0.25, 0.3) is 11.0 Å². The van der Waals surface area contributed by atoms with Crippen LogP contribution >= 0.6 is 23.1 Å². The molecule has 20 heavy (non-hydrogen) atoms. The highest BCUT2D eigenvalue weighted by molar-refractivity contribution is 7.03. The van der Waals surface area contributed by atoms with E-state index in [2.05, 4.69) is 21.8 Å². The Morgan fingerprint density at radius 2 is 2.35 bits per heavy atom. The Morgan fingerprint density at radius 3 is 3.05 bits per heavy atom. The number of rotatable bonds is 5. The van der Waals surface area contributed by atoms with E-state index in [4.69, 9.17) is 16.0 Å². The largest absolute Gasteiger partial charge is 0.457 e. The summed E-state index contributed by atoms with van der Waals surface area (Å²) in [6.45, 7) is 3.01. The van der Waals surface area contributed by atoms with Gasteiger partial charge < -0.3 is 9.73 Å². The number of nitrogens with one attached hydrogen (secondary N) is 1. The zero-order valence-electron chi connectivity index (χ0n) is 11.0. The maximum absolute atomic E-state index is 6.16. The zero-order valence-corrected chi connectivity index (χ0v) is 12.5. The van der Waals surface area contributed by atoms with Gasteiger partial charge in [0, 0.05) is 10.8 Å². The molecule has 1 N–H and O–H groups in total. The molecule has 3 aromatic rings. The third-order valence-corrected chi connectivity index (χ3v) is 3.89. The fraction of sp³-hybridized carbons (Fsp3) is 0.286. The molecule has 3 rings (SSSR count). The predicted octanol–water partition coefficient (Wildman–Crippen LogP) is 4.03. The van der Waals surface area contributed by atoms with Crippen LogP contribution < -0.4 is 5.32 Å². The second kappa shape index (κ2) is 5.91. The van der Waals surface area contributed by atoms with Crippen molar-refractivity contribution in [3.05, 3.63) is 46.1 Å². The van der Waals surface area contributed by atoms with Crippen molar-refractivity contribution in [2.75, 3.05) is 6.54 Å². The van der Waals surface area contributed by atoms with Crippen LogP contribution in [0.5, 0.6) is 0 Å². The van der Waals surface area contributed by atoms with Crippen LogP contribution in [0, 0.1) is 0 Å². The lowest BCUT2D eigenvalue weighted by Gasteiger charge is -2.12. The molecule has 0 spiro atoms. The van der Waals surface area contributed by atoms with E-state index >= 15 is 0 Å². The minimum Gasteiger partial charge on any atom is -0.457 e. The van der Waals surface area contributed by atoms with Crippen LogP contribution in [-0.4, -0.2) is 16.1 Å². The minimum absolute atomic E-state index is 0.0860. The van der Waals surface area contributed by atoms with Crippen molar-refractivity contribution >= 4 is 34.1 Å². The van der Waals surface area contributed by atoms with E-state index in [-0.39, 0.29) is 6.04 Å². The van der Waals surface area contributed by atoms with Crippen molar-refractivity contribution in [1.29, 1.82) is 0 Å². The molecule has 1 unspecified atom stereocenters. The summed E-state index contributed by atoms with van der Waals surface area (Å²) < 4.78 is 9.86. The predicted molar refractivity (Wildman–Crippen MR) is 81.3 cm³/mol. The lowest BCUT2D eigenvalue weighted by molar-refractivity contribution is 0.463. The van der Waals surface area contributed by atoms with Gasteiger partial charge in [0.25, 0.3) is 0 Å². The van der Waals surface area contributed by atoms with Gasteiger partial charge >= 0.3 is 0 Å². The fourth-order valence-electron chi connectivity index (χ4n) is 2.13. The first-order valence-corrected chi connectivity index (χ1v) is 7.69. The number of halogens is 1. The standard InChI is InChI=1S/C14H14ClN3OS/c1-2-6-16-13(11-8-20-18-17-11)12-7-9-4-3-5-10(15)14(9)19-12/h3-5,7-8,13,16H,2,6H2,1H3. The zero-order chi connectivity index (χ0) is 13.9. The lowest BCUT2D eigenvalue weighted by atomic mass is 10.1. The molecular weight excluding hydrogens is 294 g/mol. The smallest absolute Gasteiger partial charge is 0.152 e. The van der Waals surface area contributed by atoms with E-state index in [1.54, 1.807) is 0 Å². The lowest BCUT2D eigenvalue weighted by Crippen LogP contribution is -2.23. The first-order valence-electron chi connectivity index (χ1n) is 6.48. The van der Waals surface area contributed by atoms with Gasteiger partial charge in [-0.3, -0.25) is 0 Å². The van der Waals surface area contributed by atoms with Gasteiger partial charge in [0.2, 0.25) is 0 Å². The van der Waals surface area contributed by atoms with E-state index < -0.39 is 0 Å². The van der Waals surface area contributed by atoms with Gasteiger partial charge in [-0.2, -0.15) is 0 Å². The van der Waals surface area contributed by atoms with E-state index in [1.807, 2.05) is 29.6 Å². The summed E-state index contributed by atoms with van der Waals surface area (Å²) in [5.41, 5.74) is 1.59. The van der Waals surface area contributed by atoms with E-state index in [0.29, 0.717) is 5.02 Å². The second-order valence-corrected chi connectivity index (χ2v) is 5.54. The van der Waals surface area contributed by atoms with Crippen LogP contribution in [0.1, 0.15) is 30.8 Å². The second-order valence-electron chi connectivity index (χ2n) is 4.52. The first kappa shape index (κ1) is 13.5. The summed E-state index contributed by atoms with van der Waals surface area (Å²) in [6, 6.07) is 7.66. The van der Waals surface area contributed by atoms with Gasteiger partial charge in [-0.15, -0.1) is 5.10 Å². The minimum atomic E-state index is -0.0860. The highest BCUT2D eigenvalue weighted by Crippen LogP contribution is 2.31. The average molecular weight is 308 g/mol. The Kier molecular flexibility index (Phi) is 4.00. The molecule has 6 heteroatoms. The number of nitrogens with zero attached hydrogens (tertiary/aromatic N) is 2. The summed E-state index contributed by atoms with van der Waals surface area (Å²) in [7, 11) is 0. The maximum atomic E-state index is 6.16. The third-order valence-electron chi connectivity index (χ3n) is 3.07. The highest BCUT2D eigenvalue weighted by Gasteiger charge is 2.21. The summed E-state index contributed by atoms with van der Waals surface area (Å²) >= 11 is 7.50. The molecule has 0 aliphatic rings. The number of fused-ring (bicyclic) bond motifs is 1. The van der Waals surface area contributed by atoms with Gasteiger partial charge in [0.1, 0.15) is 17.5 Å². The van der Waals surface area contributed by atoms with Crippen LogP contribution in [0.2, 0.25) is 5.02 Å². The molecule has 0 saturated heterocycles. The molecule has 2 heterocycles. The normalized spacial score (nSPS) is 12.9. The summed E-state index contributed by atoms with van der Waals surface area (Å²) in [5, 5.41) is 11.1. The summed E-state index contributed by atoms with van der Waals surface area (Å²) in [5.74, 6) is 0.814. The SMILES string of the molecule is CCCNC(c1csnn1)c1cc2cccc(Cl)c2o1. The van der Waals surface area contributed by atoms with Crippen LogP contribution in [0.15, 0.2) is 34.1 Å². The molecule has 0 radical (unpaired) electrons. The Balaban J connectivity index is 2.02. The Bertz CT molecular complexity index is 696. The number of benzene rings is 1. The topological polar surface area (TPSA) is 51.0 Å². The molecule has 1 aromatic carbocycles. The van der Waals surface area contributed by atoms with E-state index in [9.17, 15) is 0 Å². The van der Waals surface area contributed by atoms with Crippen molar-refractivity contribution in [1.82, 2.24) is 14.9 Å². The van der Waals surface area contributed by atoms with E-state index in [0.717, 1.165) is 35.4 Å². The molecule has 1 atom stereocenters. The van der Waals surface area contributed by atoms with Crippen molar-refractivity contribution in [2.24, 2.45) is 0 Å². The number of aromatic nitrogens is 2. The van der Waals surface area contributed by atoms with Gasteiger partial charge in [-0.1, -0.05) is 35.1 Å². The Hall–Kier alpha value is -1.43. The van der Waals surface area contributed by atoms with Crippen LogP contribution in [0.3, 0.4) is 0 Å². The number of para-hydroxylation sites is 1. The fourth-order valence-corrected chi connectivity index (χ4v) is 2.83. The summed E-state index contributed by atoms with van der Waals surface area (Å²) in [6.07, 6.45) is 1.04. The van der Waals surface area contributed by atoms with Gasteiger partial charge in [0.05, 0.1) is 5.02 Å². The molecule has 104 valence electrons. The quantitative estimate of drug-likeness (QED) is 0.773. The van der Waals surface area contributed by atoms with Crippen molar-refractivity contribution in [3.8, 4) is 0 Å². The van der Waals surface area contributed by atoms with Gasteiger partial charge in [0.15, 0.2) is 5.58 Å². The highest BCUT2D eigenvalue weighted by atomic mass is 35.5. The molecule has 0 amide bonds. The van der Waals surface area contributed by atoms with Crippen molar-refractivity contribution in [2.45, 2.75) is 19.4 Å². The molecular formula is C14H14ClN3OS. The van der Waals surface area contributed by atoms with Gasteiger partial charge in [-0.05, 0) is 36.6 Å². The Morgan fingerprint density at radius 1 is 1.45 bits per heavy atom. The van der Waals surface area contributed by atoms with E-state index in [1.165, 1.54) is 11.5 Å². The number of hydrogen-bond acceptors (Lipinski definition) is 5. The average Bonchev–Trinajstić information content (AvgIpc) is 3.09. The number of furan rings is 1. The molecule has 2 aromatic heterocycles. The molecule has 0 aliphatic carbocycles. The summed E-state index contributed by atoms with van der Waals surface area (Å²) in [4.78, 5) is 0. The molecule has 0 saturated carbocycles. The van der Waals surface area contributed by atoms with Crippen molar-refractivity contribution < 1.29 is 4.42 Å². The Labute approximate surface area is 125 Å². The molecule has 0 aliphatic heterocycles. The molecule has 0 fully saturated rings. The van der Waals surface area contributed by atoms with Crippen molar-refractivity contribution in [3.63, 3.8) is 0 Å². The van der Waals surface area contributed by atoms with Crippen LogP contribution in [-0.2, 0) is 0 Å². The molecule has 4 nitrogen and oxygen atoms in total. The van der Waals surface area contributed by atoms with Crippen LogP contribution in [0.4, 0.5) is 0 Å². The first-order chi connectivity index (χ1) is 9.79. The number of hydrogen-bond donors (Lipinski definition) is 1. The van der Waals surface area contributed by atoms with Gasteiger partial charge in [-0.25, -0.2) is 0 Å².